The fourth-order valence-corrected chi connectivity index (χ4v) is 4.21. The Bertz CT molecular complexity index is 981. The van der Waals surface area contributed by atoms with Crippen molar-refractivity contribution in [2.45, 2.75) is 31.6 Å². The topological polar surface area (TPSA) is 94.3 Å². The van der Waals surface area contributed by atoms with Crippen LogP contribution in [0.1, 0.15) is 18.9 Å². The summed E-state index contributed by atoms with van der Waals surface area (Å²) < 4.78 is 36.9. The van der Waals surface area contributed by atoms with Crippen LogP contribution in [0.15, 0.2) is 53.3 Å². The number of carbonyl (C=O) groups is 3. The highest BCUT2D eigenvalue weighted by molar-refractivity contribution is 5.98. The van der Waals surface area contributed by atoms with E-state index in [4.69, 9.17) is 14.3 Å². The number of furan rings is 1. The van der Waals surface area contributed by atoms with Gasteiger partial charge in [-0.3, -0.25) is 14.5 Å². The maximum absolute atomic E-state index is 12.7. The van der Waals surface area contributed by atoms with Crippen LogP contribution in [0.4, 0.5) is 18.9 Å². The lowest BCUT2D eigenvalue weighted by atomic mass is 9.91. The first-order chi connectivity index (χ1) is 15.5. The van der Waals surface area contributed by atoms with Crippen molar-refractivity contribution in [3.8, 4) is 0 Å². The van der Waals surface area contributed by atoms with Gasteiger partial charge in [0, 0.05) is 37.8 Å². The fraction of sp³-hybridized carbons (Fsp3) is 0.409. The number of para-hydroxylation sites is 1. The smallest absolute Gasteiger partial charge is 0.475 e. The highest BCUT2D eigenvalue weighted by Gasteiger charge is 2.50. The molecule has 0 aliphatic carbocycles. The van der Waals surface area contributed by atoms with E-state index in [-0.39, 0.29) is 23.9 Å². The van der Waals surface area contributed by atoms with Gasteiger partial charge >= 0.3 is 12.1 Å². The molecular weight excluding hydrogens is 443 g/mol. The van der Waals surface area contributed by atoms with Crippen molar-refractivity contribution in [2.24, 2.45) is 0 Å². The number of carboxylic acids is 1. The minimum absolute atomic E-state index is 0.0229. The number of likely N-dealkylation sites (tertiary alicyclic amines) is 1. The molecule has 0 bridgehead atoms. The second-order valence-electron chi connectivity index (χ2n) is 8.04. The first kappa shape index (κ1) is 24.3. The second-order valence-corrected chi connectivity index (χ2v) is 8.04. The van der Waals surface area contributed by atoms with Crippen LogP contribution in [0.2, 0.25) is 0 Å². The molecule has 2 saturated heterocycles. The summed E-state index contributed by atoms with van der Waals surface area (Å²) in [7, 11) is 0. The predicted octanol–water partition coefficient (Wildman–Crippen LogP) is 2.75. The minimum Gasteiger partial charge on any atom is -0.475 e. The van der Waals surface area contributed by atoms with Crippen molar-refractivity contribution in [1.82, 2.24) is 9.80 Å². The van der Waals surface area contributed by atoms with Crippen LogP contribution in [0.25, 0.3) is 0 Å². The van der Waals surface area contributed by atoms with E-state index >= 15 is 0 Å². The van der Waals surface area contributed by atoms with Crippen LogP contribution in [-0.4, -0.2) is 70.6 Å². The van der Waals surface area contributed by atoms with Crippen LogP contribution >= 0.6 is 0 Å². The number of piperazine rings is 1. The summed E-state index contributed by atoms with van der Waals surface area (Å²) in [5.74, 6) is -2.81. The molecule has 1 aromatic carbocycles. The van der Waals surface area contributed by atoms with E-state index in [0.29, 0.717) is 6.54 Å². The Kier molecular flexibility index (Phi) is 7.11. The van der Waals surface area contributed by atoms with E-state index in [1.807, 2.05) is 41.3 Å². The number of aliphatic carboxylic acids is 1. The Balaban J connectivity index is 0.000000383. The van der Waals surface area contributed by atoms with E-state index in [1.54, 1.807) is 24.3 Å². The average molecular weight is 467 g/mol. The van der Waals surface area contributed by atoms with Crippen LogP contribution in [-0.2, 0) is 20.9 Å². The van der Waals surface area contributed by atoms with E-state index < -0.39 is 12.1 Å². The summed E-state index contributed by atoms with van der Waals surface area (Å²) in [5, 5.41) is 7.12. The van der Waals surface area contributed by atoms with Crippen LogP contribution in [0.3, 0.4) is 0 Å². The van der Waals surface area contributed by atoms with E-state index in [1.165, 1.54) is 0 Å². The van der Waals surface area contributed by atoms with E-state index in [9.17, 15) is 22.8 Å². The molecule has 4 rings (SSSR count). The van der Waals surface area contributed by atoms with Crippen molar-refractivity contribution in [3.05, 3.63) is 54.5 Å². The molecule has 11 heteroatoms. The van der Waals surface area contributed by atoms with Crippen LogP contribution < -0.4 is 4.90 Å². The second kappa shape index (κ2) is 9.65. The number of hydrogen-bond donors (Lipinski definition) is 1. The minimum atomic E-state index is -5.08. The third-order valence-electron chi connectivity index (χ3n) is 5.71. The van der Waals surface area contributed by atoms with Gasteiger partial charge in [0.15, 0.2) is 0 Å². The summed E-state index contributed by atoms with van der Waals surface area (Å²) in [6.07, 6.45) is -0.783. The molecule has 0 saturated carbocycles. The molecule has 2 aliphatic rings. The number of carbonyl (C=O) groups excluding carboxylic acids is 2. The van der Waals surface area contributed by atoms with Gasteiger partial charge < -0.3 is 19.3 Å². The van der Waals surface area contributed by atoms with Crippen molar-refractivity contribution in [3.63, 3.8) is 0 Å². The summed E-state index contributed by atoms with van der Waals surface area (Å²) in [5.41, 5.74) is 1.69. The lowest BCUT2D eigenvalue weighted by Crippen LogP contribution is -2.66. The predicted molar refractivity (Wildman–Crippen MR) is 111 cm³/mol. The number of amides is 2. The summed E-state index contributed by atoms with van der Waals surface area (Å²) in [6, 6.07) is 11.7. The summed E-state index contributed by atoms with van der Waals surface area (Å²) in [4.78, 5) is 39.8. The van der Waals surface area contributed by atoms with Gasteiger partial charge in [-0.15, -0.1) is 0 Å². The van der Waals surface area contributed by atoms with Crippen molar-refractivity contribution in [1.29, 1.82) is 0 Å². The quantitative estimate of drug-likeness (QED) is 0.746. The molecule has 1 unspecified atom stereocenters. The number of benzene rings is 1. The Morgan fingerprint density at radius 3 is 2.36 bits per heavy atom. The van der Waals surface area contributed by atoms with Gasteiger partial charge in [0.2, 0.25) is 11.8 Å². The molecule has 1 spiro atoms. The number of hydrogen-bond acceptors (Lipinski definition) is 5. The zero-order valence-corrected chi connectivity index (χ0v) is 17.9. The molecule has 178 valence electrons. The summed E-state index contributed by atoms with van der Waals surface area (Å²) >= 11 is 0. The van der Waals surface area contributed by atoms with Crippen LogP contribution in [0, 0.1) is 0 Å². The van der Waals surface area contributed by atoms with E-state index in [0.717, 1.165) is 37.3 Å². The molecule has 2 amide bonds. The molecule has 33 heavy (non-hydrogen) atoms. The zero-order valence-electron chi connectivity index (χ0n) is 17.9. The Morgan fingerprint density at radius 1 is 1.15 bits per heavy atom. The molecule has 8 nitrogen and oxygen atoms in total. The fourth-order valence-electron chi connectivity index (χ4n) is 4.21. The molecule has 3 heterocycles. The molecule has 2 aliphatic heterocycles. The van der Waals surface area contributed by atoms with Crippen molar-refractivity contribution >= 4 is 23.5 Å². The maximum Gasteiger partial charge on any atom is 0.490 e. The zero-order chi connectivity index (χ0) is 24.2. The number of anilines is 1. The molecule has 1 atom stereocenters. The largest absolute Gasteiger partial charge is 0.490 e. The van der Waals surface area contributed by atoms with E-state index in [2.05, 4.69) is 4.90 Å². The molecule has 2 aromatic rings. The highest BCUT2D eigenvalue weighted by Crippen LogP contribution is 2.35. The van der Waals surface area contributed by atoms with Gasteiger partial charge in [0.1, 0.15) is 6.54 Å². The number of carboxylic acid groups (broad SMARTS) is 1. The van der Waals surface area contributed by atoms with Gasteiger partial charge in [-0.05, 0) is 24.6 Å². The molecular formula is C22H24F3N3O5. The van der Waals surface area contributed by atoms with Gasteiger partial charge in [-0.1, -0.05) is 18.2 Å². The first-order valence-corrected chi connectivity index (χ1v) is 10.2. The van der Waals surface area contributed by atoms with Gasteiger partial charge in [0.25, 0.3) is 0 Å². The number of alkyl halides is 3. The van der Waals surface area contributed by atoms with Crippen molar-refractivity contribution in [2.75, 3.05) is 31.1 Å². The lowest BCUT2D eigenvalue weighted by Gasteiger charge is -2.48. The highest BCUT2D eigenvalue weighted by atomic mass is 19.4. The molecule has 1 N–H and O–H groups in total. The average Bonchev–Trinajstić information content (AvgIpc) is 3.41. The van der Waals surface area contributed by atoms with Crippen LogP contribution in [0.5, 0.6) is 0 Å². The maximum atomic E-state index is 12.7. The molecule has 2 fully saturated rings. The Labute approximate surface area is 188 Å². The lowest BCUT2D eigenvalue weighted by molar-refractivity contribution is -0.192. The standard InChI is InChI=1S/C20H23N3O3.C2HF3O2/c1-16(24)23-12-19(25)22(18-5-3-2-4-6-18)15-20(23)8-9-21(14-20)11-17-7-10-26-13-17;3-2(4,5)1(6)7/h2-7,10,13H,8-9,11-12,14-15H2,1H3;(H,6,7). The monoisotopic (exact) mass is 467 g/mol. The summed E-state index contributed by atoms with van der Waals surface area (Å²) in [6.45, 7) is 4.69. The molecule has 0 radical (unpaired) electrons. The first-order valence-electron chi connectivity index (χ1n) is 10.2. The number of halogens is 3. The molecule has 1 aromatic heterocycles. The third kappa shape index (κ3) is 5.72. The normalized spacial score (nSPS) is 21.2. The number of nitrogens with zero attached hydrogens (tertiary/aromatic N) is 3. The number of rotatable bonds is 3. The SMILES string of the molecule is CC(=O)N1CC(=O)N(c2ccccc2)CC12CCN(Cc1ccoc1)C2.O=C(O)C(F)(F)F. The van der Waals surface area contributed by atoms with Gasteiger partial charge in [-0.2, -0.15) is 13.2 Å². The van der Waals surface area contributed by atoms with Gasteiger partial charge in [-0.25, -0.2) is 4.79 Å². The van der Waals surface area contributed by atoms with Crippen molar-refractivity contribution < 1.29 is 37.1 Å². The Morgan fingerprint density at radius 2 is 1.82 bits per heavy atom. The van der Waals surface area contributed by atoms with Gasteiger partial charge in [0.05, 0.1) is 24.6 Å². The Hall–Kier alpha value is -3.34. The third-order valence-corrected chi connectivity index (χ3v) is 5.71.